The van der Waals surface area contributed by atoms with Gasteiger partial charge in [-0.1, -0.05) is 69.3 Å². The molecule has 0 aliphatic carbocycles. The molecule has 1 fully saturated rings. The molecule has 0 saturated carbocycles. The molecular weight excluding hydrogens is 504 g/mol. The van der Waals surface area contributed by atoms with E-state index in [1.807, 2.05) is 24.3 Å². The highest BCUT2D eigenvalue weighted by atomic mass is 32.2. The third-order valence-electron chi connectivity index (χ3n) is 5.93. The number of nitro benzene ring substituents is 1. The molecule has 9 heteroatoms. The van der Waals surface area contributed by atoms with Crippen LogP contribution in [0.3, 0.4) is 0 Å². The monoisotopic (exact) mass is 532 g/mol. The Balaban J connectivity index is 1.40. The number of nitrogens with zero attached hydrogens (tertiary/aromatic N) is 2. The highest BCUT2D eigenvalue weighted by molar-refractivity contribution is 8.18. The van der Waals surface area contributed by atoms with Crippen molar-refractivity contribution < 1.29 is 24.0 Å². The highest BCUT2D eigenvalue weighted by Gasteiger charge is 2.36. The molecule has 1 saturated heterocycles. The predicted molar refractivity (Wildman–Crippen MR) is 147 cm³/mol. The molecule has 0 unspecified atom stereocenters. The summed E-state index contributed by atoms with van der Waals surface area (Å²) in [5, 5.41) is 10.8. The Labute approximate surface area is 225 Å². The molecule has 1 heterocycles. The number of carbonyl (C=O) groups excluding carboxylic acids is 2. The summed E-state index contributed by atoms with van der Waals surface area (Å²) in [4.78, 5) is 37.6. The van der Waals surface area contributed by atoms with Gasteiger partial charge < -0.3 is 9.47 Å². The van der Waals surface area contributed by atoms with E-state index >= 15 is 0 Å². The van der Waals surface area contributed by atoms with Gasteiger partial charge in [0.15, 0.2) is 0 Å². The lowest BCUT2D eigenvalue weighted by atomic mass is 9.87. The van der Waals surface area contributed by atoms with Crippen molar-refractivity contribution in [3.63, 3.8) is 0 Å². The molecule has 0 aromatic heterocycles. The Morgan fingerprint density at radius 3 is 2.29 bits per heavy atom. The largest absolute Gasteiger partial charge is 0.490 e. The van der Waals surface area contributed by atoms with Gasteiger partial charge in [0.05, 0.1) is 16.4 Å². The van der Waals surface area contributed by atoms with E-state index in [1.54, 1.807) is 30.3 Å². The van der Waals surface area contributed by atoms with Gasteiger partial charge in [0, 0.05) is 17.2 Å². The fraction of sp³-hybridized carbons (Fsp3) is 0.241. The van der Waals surface area contributed by atoms with Crippen molar-refractivity contribution in [2.45, 2.75) is 32.7 Å². The summed E-state index contributed by atoms with van der Waals surface area (Å²) in [6, 6.07) is 21.2. The third kappa shape index (κ3) is 6.41. The van der Waals surface area contributed by atoms with Crippen molar-refractivity contribution in [1.29, 1.82) is 0 Å². The molecule has 0 N–H and O–H groups in total. The van der Waals surface area contributed by atoms with Crippen LogP contribution in [0, 0.1) is 10.1 Å². The number of nitro groups is 1. The van der Waals surface area contributed by atoms with Crippen molar-refractivity contribution in [1.82, 2.24) is 4.90 Å². The van der Waals surface area contributed by atoms with Crippen LogP contribution in [0.25, 0.3) is 6.08 Å². The van der Waals surface area contributed by atoms with Gasteiger partial charge in [0.1, 0.15) is 24.7 Å². The van der Waals surface area contributed by atoms with Crippen molar-refractivity contribution in [3.05, 3.63) is 105 Å². The Morgan fingerprint density at radius 1 is 0.921 bits per heavy atom. The molecule has 2 amide bonds. The molecule has 3 aromatic rings. The average Bonchev–Trinajstić information content (AvgIpc) is 3.14. The number of hydrogen-bond acceptors (Lipinski definition) is 7. The Morgan fingerprint density at radius 2 is 1.58 bits per heavy atom. The van der Waals surface area contributed by atoms with Crippen molar-refractivity contribution >= 4 is 34.7 Å². The predicted octanol–water partition coefficient (Wildman–Crippen LogP) is 6.59. The quantitative estimate of drug-likeness (QED) is 0.133. The summed E-state index contributed by atoms with van der Waals surface area (Å²) in [7, 11) is 0. The van der Waals surface area contributed by atoms with Crippen LogP contribution in [0.1, 0.15) is 37.5 Å². The summed E-state index contributed by atoms with van der Waals surface area (Å²) in [6.45, 7) is 6.91. The number of carbonyl (C=O) groups is 2. The molecule has 38 heavy (non-hydrogen) atoms. The third-order valence-corrected chi connectivity index (χ3v) is 6.83. The second kappa shape index (κ2) is 11.5. The summed E-state index contributed by atoms with van der Waals surface area (Å²) in [6.07, 6.45) is 1.60. The molecule has 0 atom stereocenters. The maximum atomic E-state index is 13.0. The smallest absolute Gasteiger partial charge is 0.293 e. The normalized spacial score (nSPS) is 14.7. The molecule has 0 radical (unpaired) electrons. The molecule has 0 spiro atoms. The zero-order valence-corrected chi connectivity index (χ0v) is 22.2. The van der Waals surface area contributed by atoms with E-state index in [9.17, 15) is 19.7 Å². The summed E-state index contributed by atoms with van der Waals surface area (Å²) >= 11 is 0.796. The van der Waals surface area contributed by atoms with Crippen LogP contribution in [0.2, 0.25) is 0 Å². The lowest BCUT2D eigenvalue weighted by Crippen LogP contribution is -2.27. The minimum Gasteiger partial charge on any atom is -0.490 e. The Bertz CT molecular complexity index is 1380. The van der Waals surface area contributed by atoms with E-state index in [-0.39, 0.29) is 34.7 Å². The van der Waals surface area contributed by atoms with Crippen LogP contribution in [0.5, 0.6) is 11.5 Å². The van der Waals surface area contributed by atoms with Gasteiger partial charge in [-0.05, 0) is 47.0 Å². The van der Waals surface area contributed by atoms with Gasteiger partial charge in [0.2, 0.25) is 0 Å². The van der Waals surface area contributed by atoms with E-state index in [1.165, 1.54) is 17.7 Å². The van der Waals surface area contributed by atoms with Gasteiger partial charge >= 0.3 is 0 Å². The van der Waals surface area contributed by atoms with E-state index in [2.05, 4.69) is 32.9 Å². The number of hydrogen-bond donors (Lipinski definition) is 0. The number of amides is 2. The van der Waals surface area contributed by atoms with E-state index in [0.29, 0.717) is 17.9 Å². The summed E-state index contributed by atoms with van der Waals surface area (Å²) < 4.78 is 11.7. The highest BCUT2D eigenvalue weighted by Crippen LogP contribution is 2.35. The van der Waals surface area contributed by atoms with Crippen LogP contribution in [0.4, 0.5) is 10.5 Å². The van der Waals surface area contributed by atoms with Crippen LogP contribution >= 0.6 is 11.8 Å². The molecule has 3 aromatic carbocycles. The zero-order chi connectivity index (χ0) is 27.3. The molecule has 8 nitrogen and oxygen atoms in total. The zero-order valence-electron chi connectivity index (χ0n) is 21.4. The standard InChI is InChI=1S/C29H28N2O6S/c1-29(2,3)22-12-14-23(15-13-22)36-16-17-37-25-11-7-5-8-20(25)18-26-27(32)30(28(33)38-26)19-21-9-4-6-10-24(21)31(34)35/h4-15,18H,16-17,19H2,1-3H3/b26-18-. The molecule has 1 aliphatic heterocycles. The van der Waals surface area contributed by atoms with Gasteiger partial charge in [-0.2, -0.15) is 0 Å². The lowest BCUT2D eigenvalue weighted by Gasteiger charge is -2.19. The van der Waals surface area contributed by atoms with E-state index < -0.39 is 16.1 Å². The Hall–Kier alpha value is -4.11. The number of rotatable bonds is 9. The van der Waals surface area contributed by atoms with E-state index in [0.717, 1.165) is 22.4 Å². The first-order valence-corrected chi connectivity index (χ1v) is 12.9. The SMILES string of the molecule is CC(C)(C)c1ccc(OCCOc2ccccc2/C=C2\SC(=O)N(Cc3ccccc3[N+](=O)[O-])C2=O)cc1. The Kier molecular flexibility index (Phi) is 8.16. The number of para-hydroxylation sites is 2. The molecule has 4 rings (SSSR count). The number of imide groups is 1. The number of thioether (sulfide) groups is 1. The van der Waals surface area contributed by atoms with Crippen LogP contribution in [0.15, 0.2) is 77.7 Å². The average molecular weight is 533 g/mol. The first kappa shape index (κ1) is 26.9. The maximum absolute atomic E-state index is 13.0. The fourth-order valence-corrected chi connectivity index (χ4v) is 4.69. The minimum absolute atomic E-state index is 0.0694. The molecule has 1 aliphatic rings. The van der Waals surface area contributed by atoms with Gasteiger partial charge in [-0.15, -0.1) is 0 Å². The number of benzene rings is 3. The minimum atomic E-state index is -0.525. The molecular formula is C29H28N2O6S. The van der Waals surface area contributed by atoms with Gasteiger partial charge in [-0.25, -0.2) is 0 Å². The first-order chi connectivity index (χ1) is 18.1. The van der Waals surface area contributed by atoms with Crippen molar-refractivity contribution in [2.75, 3.05) is 13.2 Å². The van der Waals surface area contributed by atoms with Crippen molar-refractivity contribution in [2.24, 2.45) is 0 Å². The first-order valence-electron chi connectivity index (χ1n) is 12.1. The van der Waals surface area contributed by atoms with Crippen LogP contribution < -0.4 is 9.47 Å². The fourth-order valence-electron chi connectivity index (χ4n) is 3.86. The maximum Gasteiger partial charge on any atom is 0.293 e. The summed E-state index contributed by atoms with van der Waals surface area (Å²) in [5.41, 5.74) is 2.08. The van der Waals surface area contributed by atoms with Crippen LogP contribution in [-0.2, 0) is 16.8 Å². The number of ether oxygens (including phenoxy) is 2. The molecule has 0 bridgehead atoms. The van der Waals surface area contributed by atoms with Crippen molar-refractivity contribution in [3.8, 4) is 11.5 Å². The topological polar surface area (TPSA) is 99.0 Å². The second-order valence-corrected chi connectivity index (χ2v) is 10.7. The van der Waals surface area contributed by atoms with Gasteiger partial charge in [0.25, 0.3) is 16.8 Å². The van der Waals surface area contributed by atoms with E-state index in [4.69, 9.17) is 9.47 Å². The second-order valence-electron chi connectivity index (χ2n) is 9.66. The van der Waals surface area contributed by atoms with Crippen LogP contribution in [-0.4, -0.2) is 34.2 Å². The summed E-state index contributed by atoms with van der Waals surface area (Å²) in [5.74, 6) is 0.793. The lowest BCUT2D eigenvalue weighted by molar-refractivity contribution is -0.385. The molecule has 196 valence electrons. The van der Waals surface area contributed by atoms with Gasteiger partial charge in [-0.3, -0.25) is 24.6 Å².